The van der Waals surface area contributed by atoms with Crippen LogP contribution in [0, 0.1) is 13.8 Å². The van der Waals surface area contributed by atoms with Crippen LogP contribution in [0.2, 0.25) is 0 Å². The first kappa shape index (κ1) is 18.9. The molecule has 0 spiro atoms. The number of para-hydroxylation sites is 3. The summed E-state index contributed by atoms with van der Waals surface area (Å²) in [6.07, 6.45) is 0. The summed E-state index contributed by atoms with van der Waals surface area (Å²) in [7, 11) is 0. The van der Waals surface area contributed by atoms with Gasteiger partial charge in [0.1, 0.15) is 5.75 Å². The minimum atomic E-state index is -0.150. The fourth-order valence-electron chi connectivity index (χ4n) is 2.72. The second-order valence-corrected chi connectivity index (χ2v) is 6.82. The van der Waals surface area contributed by atoms with Crippen LogP contribution in [0.1, 0.15) is 18.1 Å². The van der Waals surface area contributed by atoms with Gasteiger partial charge in [0.25, 0.3) is 0 Å². The Morgan fingerprint density at radius 2 is 1.89 bits per heavy atom. The molecule has 0 saturated carbocycles. The van der Waals surface area contributed by atoms with Crippen molar-refractivity contribution < 1.29 is 9.53 Å². The van der Waals surface area contributed by atoms with E-state index in [9.17, 15) is 4.79 Å². The van der Waals surface area contributed by atoms with Crippen LogP contribution in [0.15, 0.2) is 47.6 Å². The molecule has 3 aromatic rings. The number of thioether (sulfide) groups is 1. The van der Waals surface area contributed by atoms with Crippen molar-refractivity contribution in [3.05, 3.63) is 53.6 Å². The number of tetrazole rings is 1. The Morgan fingerprint density at radius 3 is 2.63 bits per heavy atom. The number of ether oxygens (including phenoxy) is 1. The molecule has 0 fully saturated rings. The number of rotatable bonds is 7. The Morgan fingerprint density at radius 1 is 1.15 bits per heavy atom. The van der Waals surface area contributed by atoms with E-state index in [1.54, 1.807) is 4.68 Å². The number of nitrogens with one attached hydrogen (secondary N) is 1. The van der Waals surface area contributed by atoms with Gasteiger partial charge in [0.15, 0.2) is 0 Å². The fraction of sp³-hybridized carbons (Fsp3) is 0.263. The number of hydrogen-bond acceptors (Lipinski definition) is 6. The molecule has 0 aliphatic rings. The second-order valence-electron chi connectivity index (χ2n) is 5.88. The van der Waals surface area contributed by atoms with Crippen LogP contribution in [-0.2, 0) is 4.79 Å². The van der Waals surface area contributed by atoms with E-state index in [2.05, 4.69) is 20.8 Å². The molecule has 1 amide bonds. The molecule has 0 atom stereocenters. The molecule has 0 unspecified atom stereocenters. The number of carbonyl (C=O) groups excluding carboxylic acids is 1. The van der Waals surface area contributed by atoms with Gasteiger partial charge in [-0.3, -0.25) is 4.79 Å². The predicted octanol–water partition coefficient (Wildman–Crippen LogP) is 3.41. The fourth-order valence-corrected chi connectivity index (χ4v) is 3.39. The Bertz CT molecular complexity index is 921. The zero-order valence-electron chi connectivity index (χ0n) is 15.5. The number of hydrogen-bond donors (Lipinski definition) is 1. The number of carbonyl (C=O) groups is 1. The summed E-state index contributed by atoms with van der Waals surface area (Å²) in [5.41, 5.74) is 3.73. The van der Waals surface area contributed by atoms with E-state index < -0.39 is 0 Å². The number of amides is 1. The zero-order chi connectivity index (χ0) is 19.2. The second kappa shape index (κ2) is 8.68. The maximum absolute atomic E-state index is 12.4. The molecule has 8 heteroatoms. The molecule has 7 nitrogen and oxygen atoms in total. The van der Waals surface area contributed by atoms with Gasteiger partial charge in [-0.1, -0.05) is 42.1 Å². The van der Waals surface area contributed by atoms with E-state index >= 15 is 0 Å². The van der Waals surface area contributed by atoms with Crippen molar-refractivity contribution >= 4 is 23.4 Å². The molecule has 0 bridgehead atoms. The summed E-state index contributed by atoms with van der Waals surface area (Å²) in [5, 5.41) is 15.4. The van der Waals surface area contributed by atoms with Crippen molar-refractivity contribution in [2.45, 2.75) is 25.9 Å². The predicted molar refractivity (Wildman–Crippen MR) is 106 cm³/mol. The Labute approximate surface area is 162 Å². The van der Waals surface area contributed by atoms with Crippen molar-refractivity contribution in [1.82, 2.24) is 20.2 Å². The summed E-state index contributed by atoms with van der Waals surface area (Å²) >= 11 is 1.29. The monoisotopic (exact) mass is 383 g/mol. The average Bonchev–Trinajstić information content (AvgIpc) is 3.10. The number of benzene rings is 2. The average molecular weight is 383 g/mol. The molecular formula is C19H21N5O2S. The van der Waals surface area contributed by atoms with Gasteiger partial charge < -0.3 is 10.1 Å². The third-order valence-electron chi connectivity index (χ3n) is 3.89. The molecule has 3 rings (SSSR count). The number of aryl methyl sites for hydroxylation is 2. The minimum absolute atomic E-state index is 0.150. The quantitative estimate of drug-likeness (QED) is 0.630. The highest BCUT2D eigenvalue weighted by atomic mass is 32.2. The molecule has 27 heavy (non-hydrogen) atoms. The molecule has 0 aliphatic carbocycles. The zero-order valence-corrected chi connectivity index (χ0v) is 16.3. The van der Waals surface area contributed by atoms with Crippen LogP contribution < -0.4 is 10.1 Å². The lowest BCUT2D eigenvalue weighted by molar-refractivity contribution is -0.113. The maximum Gasteiger partial charge on any atom is 0.234 e. The van der Waals surface area contributed by atoms with E-state index in [1.807, 2.05) is 63.2 Å². The molecule has 1 heterocycles. The Kier molecular flexibility index (Phi) is 6.08. The van der Waals surface area contributed by atoms with Gasteiger partial charge in [-0.25, -0.2) is 0 Å². The largest absolute Gasteiger partial charge is 0.492 e. The summed E-state index contributed by atoms with van der Waals surface area (Å²) in [6.45, 7) is 6.46. The molecule has 1 aromatic heterocycles. The van der Waals surface area contributed by atoms with E-state index in [-0.39, 0.29) is 11.7 Å². The highest BCUT2D eigenvalue weighted by Crippen LogP contribution is 2.26. The summed E-state index contributed by atoms with van der Waals surface area (Å²) < 4.78 is 7.21. The lowest BCUT2D eigenvalue weighted by Gasteiger charge is -2.12. The first-order chi connectivity index (χ1) is 13.1. The topological polar surface area (TPSA) is 81.9 Å². The van der Waals surface area contributed by atoms with Gasteiger partial charge in [0.05, 0.1) is 23.7 Å². The highest BCUT2D eigenvalue weighted by Gasteiger charge is 2.15. The van der Waals surface area contributed by atoms with E-state index in [0.717, 1.165) is 16.8 Å². The van der Waals surface area contributed by atoms with Crippen molar-refractivity contribution in [2.24, 2.45) is 0 Å². The first-order valence-corrected chi connectivity index (χ1v) is 9.58. The summed E-state index contributed by atoms with van der Waals surface area (Å²) in [4.78, 5) is 12.4. The smallest absolute Gasteiger partial charge is 0.234 e. The molecular weight excluding hydrogens is 362 g/mol. The number of nitrogens with zero attached hydrogens (tertiary/aromatic N) is 4. The highest BCUT2D eigenvalue weighted by molar-refractivity contribution is 7.99. The SMILES string of the molecule is CCOc1ccccc1NC(=O)CSc1nnnn1-c1c(C)cccc1C. The van der Waals surface area contributed by atoms with Crippen LogP contribution in [-0.4, -0.2) is 38.5 Å². The van der Waals surface area contributed by atoms with Gasteiger partial charge in [-0.15, -0.1) is 5.10 Å². The van der Waals surface area contributed by atoms with Crippen molar-refractivity contribution in [3.63, 3.8) is 0 Å². The lowest BCUT2D eigenvalue weighted by Crippen LogP contribution is -2.15. The molecule has 0 radical (unpaired) electrons. The lowest BCUT2D eigenvalue weighted by atomic mass is 10.1. The van der Waals surface area contributed by atoms with E-state index in [1.165, 1.54) is 11.8 Å². The standard InChI is InChI=1S/C19H21N5O2S/c1-4-26-16-11-6-5-10-15(16)20-17(25)12-27-19-21-22-23-24(19)18-13(2)8-7-9-14(18)3/h5-11H,4,12H2,1-3H3,(H,20,25). The van der Waals surface area contributed by atoms with Crippen LogP contribution in [0.4, 0.5) is 5.69 Å². The van der Waals surface area contributed by atoms with Gasteiger partial charge in [-0.2, -0.15) is 4.68 Å². The van der Waals surface area contributed by atoms with Crippen molar-refractivity contribution in [3.8, 4) is 11.4 Å². The van der Waals surface area contributed by atoms with E-state index in [4.69, 9.17) is 4.74 Å². The number of aromatic nitrogens is 4. The molecule has 0 saturated heterocycles. The Hall–Kier alpha value is -2.87. The van der Waals surface area contributed by atoms with Gasteiger partial charge in [0, 0.05) is 0 Å². The molecule has 0 aliphatic heterocycles. The summed E-state index contributed by atoms with van der Waals surface area (Å²) in [6, 6.07) is 13.4. The molecule has 2 aromatic carbocycles. The number of anilines is 1. The Balaban J connectivity index is 1.70. The first-order valence-electron chi connectivity index (χ1n) is 8.59. The van der Waals surface area contributed by atoms with Gasteiger partial charge in [0.2, 0.25) is 11.1 Å². The van der Waals surface area contributed by atoms with Crippen LogP contribution in [0.3, 0.4) is 0 Å². The van der Waals surface area contributed by atoms with Crippen LogP contribution >= 0.6 is 11.8 Å². The van der Waals surface area contributed by atoms with Crippen LogP contribution in [0.25, 0.3) is 5.69 Å². The van der Waals surface area contributed by atoms with Gasteiger partial charge in [-0.05, 0) is 54.5 Å². The third-order valence-corrected chi connectivity index (χ3v) is 4.80. The summed E-state index contributed by atoms with van der Waals surface area (Å²) in [5.74, 6) is 0.688. The van der Waals surface area contributed by atoms with Gasteiger partial charge >= 0.3 is 0 Å². The molecule has 140 valence electrons. The maximum atomic E-state index is 12.4. The van der Waals surface area contributed by atoms with Crippen molar-refractivity contribution in [2.75, 3.05) is 17.7 Å². The van der Waals surface area contributed by atoms with Crippen molar-refractivity contribution in [1.29, 1.82) is 0 Å². The van der Waals surface area contributed by atoms with E-state index in [0.29, 0.717) is 23.2 Å². The normalized spacial score (nSPS) is 10.6. The minimum Gasteiger partial charge on any atom is -0.492 e. The molecule has 1 N–H and O–H groups in total. The van der Waals surface area contributed by atoms with Crippen LogP contribution in [0.5, 0.6) is 5.75 Å². The third kappa shape index (κ3) is 4.46.